The number of ether oxygens (including phenoxy) is 1. The number of nitrogens with one attached hydrogen (secondary N) is 2. The summed E-state index contributed by atoms with van der Waals surface area (Å²) < 4.78 is 11.3. The fraction of sp³-hybridized carbons (Fsp3) is 0.107. The van der Waals surface area contributed by atoms with Gasteiger partial charge in [-0.05, 0) is 48.9 Å². The van der Waals surface area contributed by atoms with Gasteiger partial charge in [-0.15, -0.1) is 0 Å². The summed E-state index contributed by atoms with van der Waals surface area (Å²) in [5.41, 5.74) is 2.25. The van der Waals surface area contributed by atoms with Crippen LogP contribution in [-0.2, 0) is 11.2 Å². The van der Waals surface area contributed by atoms with Crippen LogP contribution in [0.3, 0.4) is 0 Å². The molecule has 0 unspecified atom stereocenters. The molecule has 0 fully saturated rings. The highest BCUT2D eigenvalue weighted by molar-refractivity contribution is 6.31. The molecular weight excluding hydrogens is 515 g/mol. The minimum Gasteiger partial charge on any atom is -0.462 e. The summed E-state index contributed by atoms with van der Waals surface area (Å²) in [5.74, 6) is -1.13. The van der Waals surface area contributed by atoms with Crippen LogP contribution in [0, 0.1) is 0 Å². The number of carbonyl (C=O) groups is 3. The number of hydrogen-bond donors (Lipinski definition) is 2. The monoisotopic (exact) mass is 536 g/mol. The quantitative estimate of drug-likeness (QED) is 0.248. The molecule has 7 nitrogen and oxygen atoms in total. The third-order valence-electron chi connectivity index (χ3n) is 5.36. The van der Waals surface area contributed by atoms with E-state index < -0.39 is 17.9 Å². The number of furan rings is 1. The lowest BCUT2D eigenvalue weighted by Gasteiger charge is -2.08. The molecule has 0 saturated heterocycles. The predicted octanol–water partition coefficient (Wildman–Crippen LogP) is 6.98. The fourth-order valence-corrected chi connectivity index (χ4v) is 4.03. The van der Waals surface area contributed by atoms with Gasteiger partial charge in [0.15, 0.2) is 0 Å². The molecule has 0 spiro atoms. The van der Waals surface area contributed by atoms with Crippen LogP contribution < -0.4 is 10.6 Å². The van der Waals surface area contributed by atoms with Gasteiger partial charge in [0.25, 0.3) is 5.91 Å². The molecule has 0 aliphatic heterocycles. The lowest BCUT2D eigenvalue weighted by molar-refractivity contribution is 0.0526. The fourth-order valence-electron chi connectivity index (χ4n) is 3.71. The second-order valence-corrected chi connectivity index (χ2v) is 8.80. The molecule has 2 N–H and O–H groups in total. The zero-order chi connectivity index (χ0) is 26.4. The average molecular weight is 537 g/mol. The zero-order valence-electron chi connectivity index (χ0n) is 19.7. The molecule has 9 heteroatoms. The van der Waals surface area contributed by atoms with E-state index in [0.717, 1.165) is 5.56 Å². The molecule has 1 aromatic heterocycles. The molecular formula is C28H22Cl2N2O5. The maximum absolute atomic E-state index is 13.1. The largest absolute Gasteiger partial charge is 0.462 e. The molecule has 3 amide bonds. The van der Waals surface area contributed by atoms with Crippen molar-refractivity contribution in [1.29, 1.82) is 0 Å². The van der Waals surface area contributed by atoms with Crippen LogP contribution in [0.2, 0.25) is 10.0 Å². The summed E-state index contributed by atoms with van der Waals surface area (Å²) in [6.45, 7) is 1.78. The van der Waals surface area contributed by atoms with Crippen LogP contribution in [0.15, 0.2) is 83.3 Å². The third-order valence-corrected chi connectivity index (χ3v) is 5.84. The first-order chi connectivity index (χ1) is 17.9. The van der Waals surface area contributed by atoms with Crippen LogP contribution in [0.4, 0.5) is 10.7 Å². The maximum Gasteiger partial charge on any atom is 0.344 e. The molecule has 0 atom stereocenters. The summed E-state index contributed by atoms with van der Waals surface area (Å²) >= 11 is 12.3. The summed E-state index contributed by atoms with van der Waals surface area (Å²) in [7, 11) is 0. The standard InChI is InChI=1S/C28H22Cl2N2O5/c1-2-36-27(34)23-22(15-17-11-13-20(29)14-12-17)24(19-9-6-10-21(30)16-19)37-26(23)32-28(35)31-25(33)18-7-4-3-5-8-18/h3-14,16H,2,15H2,1H3,(H2,31,32,33,35). The molecule has 4 aromatic rings. The molecule has 1 heterocycles. The minimum atomic E-state index is -0.871. The first-order valence-corrected chi connectivity index (χ1v) is 12.1. The molecule has 188 valence electrons. The summed E-state index contributed by atoms with van der Waals surface area (Å²) in [5, 5.41) is 5.77. The van der Waals surface area contributed by atoms with E-state index in [9.17, 15) is 14.4 Å². The molecule has 0 aliphatic carbocycles. The van der Waals surface area contributed by atoms with Gasteiger partial charge in [0.05, 0.1) is 6.61 Å². The highest BCUT2D eigenvalue weighted by Crippen LogP contribution is 2.38. The average Bonchev–Trinajstić information content (AvgIpc) is 3.23. The molecule has 37 heavy (non-hydrogen) atoms. The highest BCUT2D eigenvalue weighted by atomic mass is 35.5. The Morgan fingerprint density at radius 1 is 0.892 bits per heavy atom. The number of halogens is 2. The Bertz CT molecular complexity index is 1430. The van der Waals surface area contributed by atoms with Crippen molar-refractivity contribution in [1.82, 2.24) is 5.32 Å². The van der Waals surface area contributed by atoms with Crippen molar-refractivity contribution in [3.05, 3.63) is 111 Å². The van der Waals surface area contributed by atoms with Crippen molar-refractivity contribution < 1.29 is 23.5 Å². The smallest absolute Gasteiger partial charge is 0.344 e. The molecule has 4 rings (SSSR count). The number of rotatable bonds is 7. The van der Waals surface area contributed by atoms with Gasteiger partial charge in [-0.3, -0.25) is 15.4 Å². The Hall–Kier alpha value is -4.07. The number of urea groups is 1. The molecule has 0 saturated carbocycles. The topological polar surface area (TPSA) is 97.6 Å². The molecule has 0 aliphatic rings. The van der Waals surface area contributed by atoms with Crippen LogP contribution in [-0.4, -0.2) is 24.5 Å². The van der Waals surface area contributed by atoms with E-state index in [1.54, 1.807) is 73.7 Å². The Kier molecular flexibility index (Phi) is 8.28. The number of amides is 3. The van der Waals surface area contributed by atoms with Crippen molar-refractivity contribution in [2.75, 3.05) is 11.9 Å². The van der Waals surface area contributed by atoms with Crippen molar-refractivity contribution >= 4 is 47.0 Å². The highest BCUT2D eigenvalue weighted by Gasteiger charge is 2.29. The Balaban J connectivity index is 1.76. The normalized spacial score (nSPS) is 10.6. The Morgan fingerprint density at radius 2 is 1.62 bits per heavy atom. The van der Waals surface area contributed by atoms with E-state index in [1.807, 2.05) is 12.1 Å². The molecule has 0 bridgehead atoms. The SMILES string of the molecule is CCOC(=O)c1c(NC(=O)NC(=O)c2ccccc2)oc(-c2cccc(Cl)c2)c1Cc1ccc(Cl)cc1. The van der Waals surface area contributed by atoms with Gasteiger partial charge in [0, 0.05) is 33.2 Å². The minimum absolute atomic E-state index is 0.0362. The number of carbonyl (C=O) groups excluding carboxylic acids is 3. The van der Waals surface area contributed by atoms with Crippen molar-refractivity contribution in [2.45, 2.75) is 13.3 Å². The predicted molar refractivity (Wildman–Crippen MR) is 142 cm³/mol. The van der Waals surface area contributed by atoms with Crippen molar-refractivity contribution in [2.24, 2.45) is 0 Å². The Morgan fingerprint density at radius 3 is 2.30 bits per heavy atom. The second-order valence-electron chi connectivity index (χ2n) is 7.92. The lowest BCUT2D eigenvalue weighted by atomic mass is 9.98. The van der Waals surface area contributed by atoms with E-state index in [1.165, 1.54) is 0 Å². The van der Waals surface area contributed by atoms with Crippen molar-refractivity contribution in [3.8, 4) is 11.3 Å². The first kappa shape index (κ1) is 26.0. The van der Waals surface area contributed by atoms with Gasteiger partial charge in [0.1, 0.15) is 11.3 Å². The maximum atomic E-state index is 13.1. The van der Waals surface area contributed by atoms with E-state index in [-0.39, 0.29) is 24.5 Å². The van der Waals surface area contributed by atoms with Crippen LogP contribution >= 0.6 is 23.2 Å². The van der Waals surface area contributed by atoms with E-state index in [0.29, 0.717) is 32.5 Å². The summed E-state index contributed by atoms with van der Waals surface area (Å²) in [6.07, 6.45) is 0.267. The summed E-state index contributed by atoms with van der Waals surface area (Å²) in [6, 6.07) is 21.4. The number of hydrogen-bond acceptors (Lipinski definition) is 5. The Labute approximate surface area is 223 Å². The van der Waals surface area contributed by atoms with Crippen LogP contribution in [0.25, 0.3) is 11.3 Å². The molecule has 3 aromatic carbocycles. The lowest BCUT2D eigenvalue weighted by Crippen LogP contribution is -2.34. The van der Waals surface area contributed by atoms with Crippen LogP contribution in [0.5, 0.6) is 0 Å². The van der Waals surface area contributed by atoms with Gasteiger partial charge in [-0.2, -0.15) is 0 Å². The number of benzene rings is 3. The van der Waals surface area contributed by atoms with Gasteiger partial charge >= 0.3 is 12.0 Å². The second kappa shape index (κ2) is 11.8. The van der Waals surface area contributed by atoms with Crippen molar-refractivity contribution in [3.63, 3.8) is 0 Å². The van der Waals surface area contributed by atoms with E-state index >= 15 is 0 Å². The summed E-state index contributed by atoms with van der Waals surface area (Å²) in [4.78, 5) is 38.3. The van der Waals surface area contributed by atoms with E-state index in [2.05, 4.69) is 10.6 Å². The van der Waals surface area contributed by atoms with E-state index in [4.69, 9.17) is 32.4 Å². The third kappa shape index (κ3) is 6.39. The van der Waals surface area contributed by atoms with Gasteiger partial charge in [-0.25, -0.2) is 9.59 Å². The van der Waals surface area contributed by atoms with Crippen LogP contribution in [0.1, 0.15) is 38.8 Å². The first-order valence-electron chi connectivity index (χ1n) is 11.4. The van der Waals surface area contributed by atoms with Gasteiger partial charge < -0.3 is 9.15 Å². The van der Waals surface area contributed by atoms with Gasteiger partial charge in [-0.1, -0.05) is 65.7 Å². The molecule has 0 radical (unpaired) electrons. The number of esters is 1. The van der Waals surface area contributed by atoms with Gasteiger partial charge in [0.2, 0.25) is 5.88 Å². The number of anilines is 1. The number of imide groups is 1. The zero-order valence-corrected chi connectivity index (χ0v) is 21.2.